The normalized spacial score (nSPS) is 14.1. The van der Waals surface area contributed by atoms with E-state index in [-0.39, 0.29) is 0 Å². The molecule has 0 saturated heterocycles. The van der Waals surface area contributed by atoms with E-state index in [1.165, 1.54) is 0 Å². The Hall–Kier alpha value is -1.81. The number of hydrogen-bond acceptors (Lipinski definition) is 4. The molecular formula is C16H17ClN2O2. The highest BCUT2D eigenvalue weighted by Gasteiger charge is 2.28. The number of rotatable bonds is 4. The van der Waals surface area contributed by atoms with Gasteiger partial charge < -0.3 is 9.47 Å². The van der Waals surface area contributed by atoms with Crippen LogP contribution < -0.4 is 9.47 Å². The molecule has 0 amide bonds. The van der Waals surface area contributed by atoms with Crippen LogP contribution in [0.15, 0.2) is 18.2 Å². The van der Waals surface area contributed by atoms with Gasteiger partial charge in [-0.3, -0.25) is 0 Å². The maximum absolute atomic E-state index is 6.19. The van der Waals surface area contributed by atoms with E-state index < -0.39 is 0 Å². The molecule has 1 saturated carbocycles. The molecular weight excluding hydrogens is 288 g/mol. The molecule has 0 atom stereocenters. The maximum atomic E-state index is 6.19. The van der Waals surface area contributed by atoms with Crippen LogP contribution >= 0.6 is 11.6 Å². The summed E-state index contributed by atoms with van der Waals surface area (Å²) in [5.74, 6) is 3.00. The van der Waals surface area contributed by atoms with Crippen LogP contribution in [0.3, 0.4) is 0 Å². The molecule has 21 heavy (non-hydrogen) atoms. The van der Waals surface area contributed by atoms with Crippen LogP contribution in [0.5, 0.6) is 17.4 Å². The lowest BCUT2D eigenvalue weighted by Crippen LogP contribution is -2.01. The van der Waals surface area contributed by atoms with E-state index in [0.29, 0.717) is 28.5 Å². The summed E-state index contributed by atoms with van der Waals surface area (Å²) in [6.07, 6.45) is 2.24. The molecule has 0 N–H and O–H groups in total. The Bertz CT molecular complexity index is 684. The van der Waals surface area contributed by atoms with Crippen LogP contribution in [0, 0.1) is 13.8 Å². The first-order chi connectivity index (χ1) is 10.1. The summed E-state index contributed by atoms with van der Waals surface area (Å²) in [6.45, 7) is 3.86. The van der Waals surface area contributed by atoms with Crippen molar-refractivity contribution in [1.29, 1.82) is 0 Å². The largest absolute Gasteiger partial charge is 0.493 e. The van der Waals surface area contributed by atoms with Gasteiger partial charge in [0.25, 0.3) is 0 Å². The van der Waals surface area contributed by atoms with Gasteiger partial charge in [-0.05, 0) is 44.4 Å². The average molecular weight is 305 g/mol. The molecule has 5 heteroatoms. The SMILES string of the molecule is COc1cc(C)ccc1Oc1nc(C2CC2)nc(Cl)c1C. The fourth-order valence-corrected chi connectivity index (χ4v) is 2.24. The molecule has 2 aromatic rings. The zero-order chi connectivity index (χ0) is 15.0. The highest BCUT2D eigenvalue weighted by Crippen LogP contribution is 2.41. The number of ether oxygens (including phenoxy) is 2. The quantitative estimate of drug-likeness (QED) is 0.784. The number of hydrogen-bond donors (Lipinski definition) is 0. The Morgan fingerprint density at radius 1 is 1.14 bits per heavy atom. The van der Waals surface area contributed by atoms with E-state index in [1.807, 2.05) is 32.0 Å². The maximum Gasteiger partial charge on any atom is 0.227 e. The number of halogens is 1. The molecule has 110 valence electrons. The second-order valence-corrected chi connectivity index (χ2v) is 5.69. The lowest BCUT2D eigenvalue weighted by atomic mass is 10.2. The van der Waals surface area contributed by atoms with Crippen molar-refractivity contribution in [3.8, 4) is 17.4 Å². The summed E-state index contributed by atoms with van der Waals surface area (Å²) < 4.78 is 11.3. The minimum absolute atomic E-state index is 0.422. The van der Waals surface area contributed by atoms with Gasteiger partial charge in [-0.25, -0.2) is 4.98 Å². The van der Waals surface area contributed by atoms with Gasteiger partial charge in [-0.2, -0.15) is 4.98 Å². The van der Waals surface area contributed by atoms with E-state index in [4.69, 9.17) is 21.1 Å². The second kappa shape index (κ2) is 5.53. The minimum atomic E-state index is 0.422. The number of aromatic nitrogens is 2. The first-order valence-electron chi connectivity index (χ1n) is 6.95. The lowest BCUT2D eigenvalue weighted by Gasteiger charge is -2.13. The van der Waals surface area contributed by atoms with Crippen LogP contribution in [-0.4, -0.2) is 17.1 Å². The van der Waals surface area contributed by atoms with Gasteiger partial charge in [0.2, 0.25) is 5.88 Å². The topological polar surface area (TPSA) is 44.2 Å². The Balaban J connectivity index is 1.97. The number of aryl methyl sites for hydroxylation is 1. The van der Waals surface area contributed by atoms with Crippen molar-refractivity contribution in [3.63, 3.8) is 0 Å². The molecule has 0 aliphatic heterocycles. The zero-order valence-electron chi connectivity index (χ0n) is 12.3. The molecule has 1 aromatic heterocycles. The third kappa shape index (κ3) is 2.95. The van der Waals surface area contributed by atoms with E-state index in [1.54, 1.807) is 7.11 Å². The summed E-state index contributed by atoms with van der Waals surface area (Å²) in [5, 5.41) is 0.452. The van der Waals surface area contributed by atoms with Gasteiger partial charge in [0.05, 0.1) is 7.11 Å². The summed E-state index contributed by atoms with van der Waals surface area (Å²) in [6, 6.07) is 5.77. The second-order valence-electron chi connectivity index (χ2n) is 5.33. The fraction of sp³-hybridized carbons (Fsp3) is 0.375. The molecule has 1 aromatic carbocycles. The monoisotopic (exact) mass is 304 g/mol. The molecule has 0 spiro atoms. The Labute approximate surface area is 129 Å². The van der Waals surface area contributed by atoms with Gasteiger partial charge in [0.1, 0.15) is 11.0 Å². The smallest absolute Gasteiger partial charge is 0.227 e. The van der Waals surface area contributed by atoms with Gasteiger partial charge in [-0.1, -0.05) is 17.7 Å². The van der Waals surface area contributed by atoms with E-state index in [0.717, 1.165) is 29.8 Å². The van der Waals surface area contributed by atoms with Crippen LogP contribution in [0.25, 0.3) is 0 Å². The van der Waals surface area contributed by atoms with E-state index in [9.17, 15) is 0 Å². The standard InChI is InChI=1S/C16H17ClN2O2/c1-9-4-7-12(13(8-9)20-3)21-16-10(2)14(17)18-15(19-16)11-5-6-11/h4,7-8,11H,5-6H2,1-3H3. The lowest BCUT2D eigenvalue weighted by molar-refractivity contribution is 0.372. The molecule has 1 aliphatic rings. The molecule has 0 radical (unpaired) electrons. The molecule has 4 nitrogen and oxygen atoms in total. The summed E-state index contributed by atoms with van der Waals surface area (Å²) in [7, 11) is 1.62. The molecule has 1 heterocycles. The summed E-state index contributed by atoms with van der Waals surface area (Å²) >= 11 is 6.19. The van der Waals surface area contributed by atoms with Crippen molar-refractivity contribution in [1.82, 2.24) is 9.97 Å². The third-order valence-corrected chi connectivity index (χ3v) is 3.90. The van der Waals surface area contributed by atoms with Gasteiger partial charge >= 0.3 is 0 Å². The molecule has 1 fully saturated rings. The van der Waals surface area contributed by atoms with Gasteiger partial charge in [0.15, 0.2) is 11.5 Å². The van der Waals surface area contributed by atoms with Crippen molar-refractivity contribution in [3.05, 3.63) is 40.3 Å². The Morgan fingerprint density at radius 2 is 1.90 bits per heavy atom. The summed E-state index contributed by atoms with van der Waals surface area (Å²) in [4.78, 5) is 8.85. The van der Waals surface area contributed by atoms with Crippen molar-refractivity contribution in [2.45, 2.75) is 32.6 Å². The molecule has 0 unspecified atom stereocenters. The zero-order valence-corrected chi connectivity index (χ0v) is 13.1. The van der Waals surface area contributed by atoms with Crippen LogP contribution in [0.4, 0.5) is 0 Å². The summed E-state index contributed by atoms with van der Waals surface area (Å²) in [5.41, 5.74) is 1.85. The highest BCUT2D eigenvalue weighted by molar-refractivity contribution is 6.30. The highest BCUT2D eigenvalue weighted by atomic mass is 35.5. The Kier molecular flexibility index (Phi) is 3.72. The van der Waals surface area contributed by atoms with Crippen LogP contribution in [0.2, 0.25) is 5.15 Å². The molecule has 3 rings (SSSR count). The molecule has 1 aliphatic carbocycles. The Morgan fingerprint density at radius 3 is 2.57 bits per heavy atom. The minimum Gasteiger partial charge on any atom is -0.493 e. The van der Waals surface area contributed by atoms with E-state index in [2.05, 4.69) is 9.97 Å². The number of benzene rings is 1. The van der Waals surface area contributed by atoms with E-state index >= 15 is 0 Å². The van der Waals surface area contributed by atoms with Gasteiger partial charge in [-0.15, -0.1) is 0 Å². The van der Waals surface area contributed by atoms with Crippen LogP contribution in [0.1, 0.15) is 35.7 Å². The fourth-order valence-electron chi connectivity index (χ4n) is 2.07. The first-order valence-corrected chi connectivity index (χ1v) is 7.33. The van der Waals surface area contributed by atoms with Crippen molar-refractivity contribution in [2.75, 3.05) is 7.11 Å². The predicted molar refractivity (Wildman–Crippen MR) is 81.6 cm³/mol. The predicted octanol–water partition coefficient (Wildman–Crippen LogP) is 4.43. The van der Waals surface area contributed by atoms with Crippen molar-refractivity contribution >= 4 is 11.6 Å². The first kappa shape index (κ1) is 14.1. The van der Waals surface area contributed by atoms with Crippen molar-refractivity contribution < 1.29 is 9.47 Å². The number of nitrogens with zero attached hydrogens (tertiary/aromatic N) is 2. The average Bonchev–Trinajstić information content (AvgIpc) is 3.29. The van der Waals surface area contributed by atoms with Crippen molar-refractivity contribution in [2.24, 2.45) is 0 Å². The molecule has 0 bridgehead atoms. The van der Waals surface area contributed by atoms with Crippen LogP contribution in [-0.2, 0) is 0 Å². The number of methoxy groups -OCH3 is 1. The van der Waals surface area contributed by atoms with Gasteiger partial charge in [0, 0.05) is 11.5 Å². The third-order valence-electron chi connectivity index (χ3n) is 3.53.